The molecule has 2 heterocycles. The maximum Gasteiger partial charge on any atom is 0.368 e. The number of tetrazole rings is 1. The second kappa shape index (κ2) is 8.99. The summed E-state index contributed by atoms with van der Waals surface area (Å²) in [5, 5.41) is 15.7. The van der Waals surface area contributed by atoms with Crippen molar-refractivity contribution in [2.45, 2.75) is 33.9 Å². The molecule has 11 heteroatoms. The zero-order valence-electron chi connectivity index (χ0n) is 18.6. The molecule has 0 aliphatic rings. The molecule has 0 aliphatic heterocycles. The number of hydrogen-bond acceptors (Lipinski definition) is 7. The Labute approximate surface area is 194 Å². The number of halogens is 1. The van der Waals surface area contributed by atoms with Gasteiger partial charge in [0.1, 0.15) is 18.9 Å². The summed E-state index contributed by atoms with van der Waals surface area (Å²) >= 11 is 6.42. The molecular formula is C22H22ClN7O3. The first kappa shape index (κ1) is 22.4. The Morgan fingerprint density at radius 3 is 2.52 bits per heavy atom. The largest absolute Gasteiger partial charge is 0.488 e. The molecule has 2 aromatic heterocycles. The fraction of sp³-hybridized carbons (Fsp3) is 0.273. The predicted molar refractivity (Wildman–Crippen MR) is 123 cm³/mol. The van der Waals surface area contributed by atoms with Gasteiger partial charge in [0.25, 0.3) is 0 Å². The van der Waals surface area contributed by atoms with E-state index in [2.05, 4.69) is 20.7 Å². The smallest absolute Gasteiger partial charge is 0.368 e. The summed E-state index contributed by atoms with van der Waals surface area (Å²) in [5.74, 6) is 0.660. The lowest BCUT2D eigenvalue weighted by atomic mass is 10.1. The van der Waals surface area contributed by atoms with Crippen molar-refractivity contribution < 1.29 is 4.74 Å². The van der Waals surface area contributed by atoms with Crippen LogP contribution < -0.4 is 10.4 Å². The Hall–Kier alpha value is -3.79. The lowest BCUT2D eigenvalue weighted by molar-refractivity contribution is 0.303. The monoisotopic (exact) mass is 467 g/mol. The van der Waals surface area contributed by atoms with Gasteiger partial charge < -0.3 is 4.74 Å². The molecule has 0 fully saturated rings. The SMILES string of the molecule is Cc1cc(-n2nc(C)c(CN=O)c2C)ccc1OCc1c(Cl)cccc1-n1nnn(C)c1=O. The molecule has 2 aromatic carbocycles. The number of ether oxygens (including phenoxy) is 1. The van der Waals surface area contributed by atoms with Crippen molar-refractivity contribution in [1.82, 2.24) is 29.6 Å². The quantitative estimate of drug-likeness (QED) is 0.384. The van der Waals surface area contributed by atoms with Crippen molar-refractivity contribution in [2.75, 3.05) is 0 Å². The number of aromatic nitrogens is 6. The van der Waals surface area contributed by atoms with E-state index in [0.717, 1.165) is 32.9 Å². The minimum atomic E-state index is -0.381. The summed E-state index contributed by atoms with van der Waals surface area (Å²) in [7, 11) is 1.53. The van der Waals surface area contributed by atoms with E-state index in [9.17, 15) is 9.70 Å². The van der Waals surface area contributed by atoms with Gasteiger partial charge in [-0.15, -0.1) is 0 Å². The first-order valence-electron chi connectivity index (χ1n) is 10.2. The molecule has 0 atom stereocenters. The zero-order valence-corrected chi connectivity index (χ0v) is 19.4. The Balaban J connectivity index is 1.61. The highest BCUT2D eigenvalue weighted by Crippen LogP contribution is 2.28. The summed E-state index contributed by atoms with van der Waals surface area (Å²) in [6.07, 6.45) is 0. The van der Waals surface area contributed by atoms with E-state index in [1.807, 2.05) is 39.0 Å². The van der Waals surface area contributed by atoms with E-state index < -0.39 is 0 Å². The van der Waals surface area contributed by atoms with Gasteiger partial charge in [-0.1, -0.05) is 22.8 Å². The average Bonchev–Trinajstić information content (AvgIpc) is 3.27. The van der Waals surface area contributed by atoms with Crippen molar-refractivity contribution in [3.63, 3.8) is 0 Å². The molecule has 0 aliphatic carbocycles. The van der Waals surface area contributed by atoms with Crippen LogP contribution in [0.15, 0.2) is 46.4 Å². The molecule has 0 amide bonds. The normalized spacial score (nSPS) is 11.1. The molecule has 0 saturated carbocycles. The van der Waals surface area contributed by atoms with Crippen LogP contribution in [0.5, 0.6) is 5.75 Å². The number of nitroso groups, excluding NO2 is 1. The highest BCUT2D eigenvalue weighted by atomic mass is 35.5. The van der Waals surface area contributed by atoms with Crippen molar-refractivity contribution in [3.8, 4) is 17.1 Å². The minimum Gasteiger partial charge on any atom is -0.488 e. The summed E-state index contributed by atoms with van der Waals surface area (Å²) in [6.45, 7) is 5.92. The van der Waals surface area contributed by atoms with Crippen molar-refractivity contribution in [3.05, 3.63) is 84.9 Å². The number of rotatable bonds is 7. The van der Waals surface area contributed by atoms with Crippen LogP contribution >= 0.6 is 11.6 Å². The van der Waals surface area contributed by atoms with Crippen molar-refractivity contribution in [2.24, 2.45) is 12.2 Å². The fourth-order valence-electron chi connectivity index (χ4n) is 3.65. The molecule has 33 heavy (non-hydrogen) atoms. The van der Waals surface area contributed by atoms with Gasteiger partial charge in [0.15, 0.2) is 0 Å². The van der Waals surface area contributed by atoms with Crippen LogP contribution in [0.1, 0.15) is 28.1 Å². The summed E-state index contributed by atoms with van der Waals surface area (Å²) in [5.41, 5.74) is 4.96. The third-order valence-electron chi connectivity index (χ3n) is 5.48. The summed E-state index contributed by atoms with van der Waals surface area (Å²) in [4.78, 5) is 23.0. The first-order chi connectivity index (χ1) is 15.8. The highest BCUT2D eigenvalue weighted by molar-refractivity contribution is 6.31. The van der Waals surface area contributed by atoms with Gasteiger partial charge in [-0.05, 0) is 67.1 Å². The number of benzene rings is 2. The van der Waals surface area contributed by atoms with Crippen LogP contribution in [0.2, 0.25) is 5.02 Å². The Kier molecular flexibility index (Phi) is 6.10. The molecule has 0 unspecified atom stereocenters. The van der Waals surface area contributed by atoms with E-state index in [-0.39, 0.29) is 18.8 Å². The number of hydrogen-bond donors (Lipinski definition) is 0. The molecular weight excluding hydrogens is 446 g/mol. The molecule has 0 radical (unpaired) electrons. The van der Waals surface area contributed by atoms with Gasteiger partial charge in [-0.3, -0.25) is 0 Å². The standard InChI is InChI=1S/C22H22ClN7O3/c1-13-10-16(29-15(3)17(11-24-32)14(2)25-29)8-9-21(13)33-12-18-19(23)6-5-7-20(18)30-22(31)28(4)26-27-30/h5-10H,11-12H2,1-4H3. The van der Waals surface area contributed by atoms with Crippen LogP contribution in [0, 0.1) is 25.7 Å². The predicted octanol–water partition coefficient (Wildman–Crippen LogP) is 3.58. The maximum absolute atomic E-state index is 12.3. The average molecular weight is 468 g/mol. The lowest BCUT2D eigenvalue weighted by Crippen LogP contribution is -2.23. The molecule has 0 bridgehead atoms. The molecule has 0 N–H and O–H groups in total. The van der Waals surface area contributed by atoms with Crippen LogP contribution in [0.3, 0.4) is 0 Å². The third-order valence-corrected chi connectivity index (χ3v) is 5.84. The molecule has 0 spiro atoms. The molecule has 4 aromatic rings. The molecule has 4 rings (SSSR count). The summed E-state index contributed by atoms with van der Waals surface area (Å²) < 4.78 is 10.2. The van der Waals surface area contributed by atoms with E-state index >= 15 is 0 Å². The fourth-order valence-corrected chi connectivity index (χ4v) is 3.87. The summed E-state index contributed by atoms with van der Waals surface area (Å²) in [6, 6.07) is 10.9. The lowest BCUT2D eigenvalue weighted by Gasteiger charge is -2.14. The van der Waals surface area contributed by atoms with Crippen molar-refractivity contribution in [1.29, 1.82) is 0 Å². The van der Waals surface area contributed by atoms with Gasteiger partial charge in [0.2, 0.25) is 0 Å². The van der Waals surface area contributed by atoms with Gasteiger partial charge >= 0.3 is 5.69 Å². The number of nitrogens with zero attached hydrogens (tertiary/aromatic N) is 7. The molecule has 10 nitrogen and oxygen atoms in total. The van der Waals surface area contributed by atoms with Crippen LogP contribution in [0.4, 0.5) is 0 Å². The highest BCUT2D eigenvalue weighted by Gasteiger charge is 2.16. The van der Waals surface area contributed by atoms with E-state index in [1.54, 1.807) is 22.9 Å². The maximum atomic E-state index is 12.3. The molecule has 170 valence electrons. The van der Waals surface area contributed by atoms with Gasteiger partial charge in [0, 0.05) is 28.9 Å². The minimum absolute atomic E-state index is 0.0902. The van der Waals surface area contributed by atoms with E-state index in [0.29, 0.717) is 22.0 Å². The van der Waals surface area contributed by atoms with Crippen LogP contribution in [0.25, 0.3) is 11.4 Å². The Morgan fingerprint density at radius 2 is 1.85 bits per heavy atom. The second-order valence-corrected chi connectivity index (χ2v) is 8.03. The van der Waals surface area contributed by atoms with E-state index in [1.165, 1.54) is 11.7 Å². The first-order valence-corrected chi connectivity index (χ1v) is 10.5. The second-order valence-electron chi connectivity index (χ2n) is 7.62. The van der Waals surface area contributed by atoms with Gasteiger partial charge in [0.05, 0.1) is 17.1 Å². The van der Waals surface area contributed by atoms with Crippen LogP contribution in [-0.2, 0) is 20.2 Å². The number of aryl methyl sites for hydroxylation is 3. The van der Waals surface area contributed by atoms with Crippen molar-refractivity contribution >= 4 is 11.6 Å². The Morgan fingerprint density at radius 1 is 1.06 bits per heavy atom. The third kappa shape index (κ3) is 4.17. The molecule has 0 saturated heterocycles. The topological polar surface area (TPSA) is 109 Å². The van der Waals surface area contributed by atoms with Crippen LogP contribution in [-0.4, -0.2) is 29.6 Å². The van der Waals surface area contributed by atoms with E-state index in [4.69, 9.17) is 16.3 Å². The van der Waals surface area contributed by atoms with Gasteiger partial charge in [-0.2, -0.15) is 19.4 Å². The van der Waals surface area contributed by atoms with Gasteiger partial charge in [-0.25, -0.2) is 9.48 Å². The zero-order chi connectivity index (χ0) is 23.7. The Bertz CT molecular complexity index is 1400.